The highest BCUT2D eigenvalue weighted by atomic mass is 32.2. The Hall–Kier alpha value is -2.90. The van der Waals surface area contributed by atoms with Gasteiger partial charge in [-0.2, -0.15) is 0 Å². The topological polar surface area (TPSA) is 68.3 Å². The maximum atomic E-state index is 12.7. The molecule has 4 aromatic rings. The van der Waals surface area contributed by atoms with Gasteiger partial charge in [0.25, 0.3) is 10.0 Å². The van der Waals surface area contributed by atoms with Crippen LogP contribution in [0.4, 0.5) is 5.13 Å². The summed E-state index contributed by atoms with van der Waals surface area (Å²) in [5.41, 5.74) is 1.61. The highest BCUT2D eigenvalue weighted by molar-refractivity contribution is 7.93. The van der Waals surface area contributed by atoms with Crippen molar-refractivity contribution in [1.82, 2.24) is 4.98 Å². The summed E-state index contributed by atoms with van der Waals surface area (Å²) < 4.78 is 33.5. The molecule has 142 valence electrons. The smallest absolute Gasteiger partial charge is 0.263 e. The Morgan fingerprint density at radius 1 is 1.00 bits per heavy atom. The lowest BCUT2D eigenvalue weighted by Gasteiger charge is -2.06. The standard InChI is InChI=1S/C21H18N2O3S2/c1-2-26-18-10-7-16(8-11-18)20-14-27-21(22-20)23-28(24,25)19-12-9-15-5-3-4-6-17(15)13-19/h3-14H,2H2,1H3,(H,22,23). The molecule has 0 atom stereocenters. The second-order valence-corrected chi connectivity index (χ2v) is 8.65. The maximum absolute atomic E-state index is 12.7. The first kappa shape index (κ1) is 18.5. The van der Waals surface area contributed by atoms with Crippen LogP contribution in [0.3, 0.4) is 0 Å². The fourth-order valence-corrected chi connectivity index (χ4v) is 4.86. The number of hydrogen-bond donors (Lipinski definition) is 1. The molecule has 1 aromatic heterocycles. The minimum atomic E-state index is -3.71. The predicted molar refractivity (Wildman–Crippen MR) is 113 cm³/mol. The summed E-state index contributed by atoms with van der Waals surface area (Å²) >= 11 is 1.25. The first-order valence-electron chi connectivity index (χ1n) is 8.75. The predicted octanol–water partition coefficient (Wildman–Crippen LogP) is 5.16. The number of rotatable bonds is 6. The van der Waals surface area contributed by atoms with Crippen LogP contribution >= 0.6 is 11.3 Å². The molecule has 0 fully saturated rings. The van der Waals surface area contributed by atoms with Crippen LogP contribution in [0, 0.1) is 0 Å². The van der Waals surface area contributed by atoms with E-state index in [0.717, 1.165) is 22.1 Å². The van der Waals surface area contributed by atoms with E-state index < -0.39 is 10.0 Å². The fraction of sp³-hybridized carbons (Fsp3) is 0.0952. The average Bonchev–Trinajstić information content (AvgIpc) is 3.16. The number of anilines is 1. The molecule has 3 aromatic carbocycles. The van der Waals surface area contributed by atoms with Crippen LogP contribution in [0.2, 0.25) is 0 Å². The monoisotopic (exact) mass is 410 g/mol. The van der Waals surface area contributed by atoms with E-state index >= 15 is 0 Å². The SMILES string of the molecule is CCOc1ccc(-c2csc(NS(=O)(=O)c3ccc4ccccc4c3)n2)cc1. The van der Waals surface area contributed by atoms with Crippen molar-refractivity contribution in [1.29, 1.82) is 0 Å². The third-order valence-corrected chi connectivity index (χ3v) is 6.44. The molecule has 0 unspecified atom stereocenters. The van der Waals surface area contributed by atoms with Gasteiger partial charge in [0.1, 0.15) is 5.75 Å². The van der Waals surface area contributed by atoms with Crippen LogP contribution in [-0.2, 0) is 10.0 Å². The number of nitrogens with one attached hydrogen (secondary N) is 1. The Kier molecular flexibility index (Phi) is 5.02. The minimum absolute atomic E-state index is 0.212. The molecule has 7 heteroatoms. The summed E-state index contributed by atoms with van der Waals surface area (Å²) in [7, 11) is -3.71. The molecule has 5 nitrogen and oxygen atoms in total. The molecule has 28 heavy (non-hydrogen) atoms. The third kappa shape index (κ3) is 3.85. The van der Waals surface area contributed by atoms with Gasteiger partial charge in [-0.3, -0.25) is 4.72 Å². The number of thiazole rings is 1. The Bertz CT molecular complexity index is 1220. The molecule has 4 rings (SSSR count). The largest absolute Gasteiger partial charge is 0.494 e. The van der Waals surface area contributed by atoms with Gasteiger partial charge in [0.05, 0.1) is 17.2 Å². The first-order valence-corrected chi connectivity index (χ1v) is 11.1. The molecular formula is C21H18N2O3S2. The molecule has 1 N–H and O–H groups in total. The Morgan fingerprint density at radius 3 is 2.50 bits per heavy atom. The zero-order valence-electron chi connectivity index (χ0n) is 15.1. The summed E-state index contributed by atoms with van der Waals surface area (Å²) in [6.07, 6.45) is 0. The van der Waals surface area contributed by atoms with Crippen LogP contribution in [0.15, 0.2) is 77.0 Å². The molecule has 0 amide bonds. The number of nitrogens with zero attached hydrogens (tertiary/aromatic N) is 1. The van der Waals surface area contributed by atoms with E-state index in [2.05, 4.69) is 9.71 Å². The number of sulfonamides is 1. The van der Waals surface area contributed by atoms with Gasteiger partial charge in [-0.1, -0.05) is 30.3 Å². The van der Waals surface area contributed by atoms with Gasteiger partial charge in [0.2, 0.25) is 0 Å². The quantitative estimate of drug-likeness (QED) is 0.477. The van der Waals surface area contributed by atoms with Gasteiger partial charge < -0.3 is 4.74 Å². The van der Waals surface area contributed by atoms with E-state index in [1.807, 2.05) is 60.8 Å². The molecule has 0 spiro atoms. The highest BCUT2D eigenvalue weighted by Crippen LogP contribution is 2.28. The highest BCUT2D eigenvalue weighted by Gasteiger charge is 2.17. The molecular weight excluding hydrogens is 392 g/mol. The average molecular weight is 411 g/mol. The van der Waals surface area contributed by atoms with Crippen LogP contribution in [0.5, 0.6) is 5.75 Å². The van der Waals surface area contributed by atoms with Gasteiger partial charge in [-0.25, -0.2) is 13.4 Å². The summed E-state index contributed by atoms with van der Waals surface area (Å²) in [6, 6.07) is 20.3. The maximum Gasteiger partial charge on any atom is 0.263 e. The van der Waals surface area contributed by atoms with Crippen molar-refractivity contribution in [2.75, 3.05) is 11.3 Å². The van der Waals surface area contributed by atoms with Crippen molar-refractivity contribution in [2.45, 2.75) is 11.8 Å². The normalized spacial score (nSPS) is 11.5. The Morgan fingerprint density at radius 2 is 1.75 bits per heavy atom. The van der Waals surface area contributed by atoms with E-state index in [9.17, 15) is 8.42 Å². The summed E-state index contributed by atoms with van der Waals surface area (Å²) in [4.78, 5) is 4.63. The fourth-order valence-electron chi connectivity index (χ4n) is 2.85. The van der Waals surface area contributed by atoms with E-state index in [1.165, 1.54) is 11.3 Å². The Balaban J connectivity index is 1.56. The third-order valence-electron chi connectivity index (χ3n) is 4.22. The van der Waals surface area contributed by atoms with Crippen LogP contribution in [0.25, 0.3) is 22.0 Å². The molecule has 0 saturated heterocycles. The second kappa shape index (κ2) is 7.61. The molecule has 0 aliphatic heterocycles. The van der Waals surface area contributed by atoms with Crippen molar-refractivity contribution in [3.8, 4) is 17.0 Å². The zero-order chi connectivity index (χ0) is 19.6. The van der Waals surface area contributed by atoms with Gasteiger partial charge in [-0.15, -0.1) is 11.3 Å². The van der Waals surface area contributed by atoms with E-state index in [0.29, 0.717) is 17.4 Å². The van der Waals surface area contributed by atoms with Crippen molar-refractivity contribution in [3.05, 3.63) is 72.1 Å². The van der Waals surface area contributed by atoms with Gasteiger partial charge in [-0.05, 0) is 54.1 Å². The van der Waals surface area contributed by atoms with Crippen molar-refractivity contribution < 1.29 is 13.2 Å². The zero-order valence-corrected chi connectivity index (χ0v) is 16.8. The molecule has 0 aliphatic carbocycles. The van der Waals surface area contributed by atoms with E-state index in [4.69, 9.17) is 4.74 Å². The van der Waals surface area contributed by atoms with Gasteiger partial charge >= 0.3 is 0 Å². The minimum Gasteiger partial charge on any atom is -0.494 e. The van der Waals surface area contributed by atoms with Gasteiger partial charge in [0, 0.05) is 10.9 Å². The van der Waals surface area contributed by atoms with Crippen LogP contribution in [-0.4, -0.2) is 20.0 Å². The number of hydrogen-bond acceptors (Lipinski definition) is 5. The molecule has 0 saturated carbocycles. The summed E-state index contributed by atoms with van der Waals surface area (Å²) in [5.74, 6) is 0.790. The summed E-state index contributed by atoms with van der Waals surface area (Å²) in [6.45, 7) is 2.54. The number of aromatic nitrogens is 1. The summed E-state index contributed by atoms with van der Waals surface area (Å²) in [5, 5.41) is 4.03. The molecule has 1 heterocycles. The lowest BCUT2D eigenvalue weighted by atomic mass is 10.1. The first-order chi connectivity index (χ1) is 13.5. The van der Waals surface area contributed by atoms with Crippen molar-refractivity contribution in [2.24, 2.45) is 0 Å². The number of fused-ring (bicyclic) bond motifs is 1. The van der Waals surface area contributed by atoms with E-state index in [-0.39, 0.29) is 4.90 Å². The lowest BCUT2D eigenvalue weighted by Crippen LogP contribution is -2.12. The lowest BCUT2D eigenvalue weighted by molar-refractivity contribution is 0.340. The number of benzene rings is 3. The van der Waals surface area contributed by atoms with E-state index in [1.54, 1.807) is 18.2 Å². The van der Waals surface area contributed by atoms with Crippen LogP contribution in [0.1, 0.15) is 6.92 Å². The van der Waals surface area contributed by atoms with Gasteiger partial charge in [0.15, 0.2) is 5.13 Å². The Labute approximate surface area is 167 Å². The van der Waals surface area contributed by atoms with Crippen LogP contribution < -0.4 is 9.46 Å². The molecule has 0 aliphatic rings. The van der Waals surface area contributed by atoms with Crippen molar-refractivity contribution in [3.63, 3.8) is 0 Å². The van der Waals surface area contributed by atoms with Crippen molar-refractivity contribution >= 4 is 37.3 Å². The molecule has 0 bridgehead atoms. The number of ether oxygens (including phenoxy) is 1. The second-order valence-electron chi connectivity index (χ2n) is 6.11. The molecule has 0 radical (unpaired) electrons.